The van der Waals surface area contributed by atoms with E-state index in [-0.39, 0.29) is 24.0 Å². The van der Waals surface area contributed by atoms with Gasteiger partial charge in [0.1, 0.15) is 4.21 Å². The second-order valence-corrected chi connectivity index (χ2v) is 11.4. The van der Waals surface area contributed by atoms with E-state index in [0.717, 1.165) is 29.7 Å². The van der Waals surface area contributed by atoms with Crippen LogP contribution in [-0.4, -0.2) is 68.8 Å². The fourth-order valence-electron chi connectivity index (χ4n) is 2.54. The summed E-state index contributed by atoms with van der Waals surface area (Å²) in [7, 11) is 1.54. The molecule has 0 aromatic carbocycles. The zero-order chi connectivity index (χ0) is 18.6. The van der Waals surface area contributed by atoms with Crippen LogP contribution in [0.2, 0.25) is 0 Å². The summed E-state index contributed by atoms with van der Waals surface area (Å²) in [6.45, 7) is 7.08. The van der Waals surface area contributed by atoms with Gasteiger partial charge in [0.2, 0.25) is 0 Å². The number of rotatable bonds is 5. The summed E-state index contributed by atoms with van der Waals surface area (Å²) < 4.78 is 26.0. The van der Waals surface area contributed by atoms with Crippen molar-refractivity contribution in [3.63, 3.8) is 0 Å². The Morgan fingerprint density at radius 2 is 2.12 bits per heavy atom. The SMILES string of the molecule is CN=C(NCc1ccc(S(=O)(=O)N(C)C)s1)N1CCSC(C(C)C)C1.I. The Balaban J connectivity index is 0.00000338. The van der Waals surface area contributed by atoms with Crippen LogP contribution in [0.5, 0.6) is 0 Å². The molecule has 0 radical (unpaired) electrons. The van der Waals surface area contributed by atoms with E-state index in [4.69, 9.17) is 0 Å². The number of aliphatic imine (C=N–C) groups is 1. The topological polar surface area (TPSA) is 65.0 Å². The minimum absolute atomic E-state index is 0. The summed E-state index contributed by atoms with van der Waals surface area (Å²) in [5, 5.41) is 3.99. The van der Waals surface area contributed by atoms with Crippen molar-refractivity contribution in [1.82, 2.24) is 14.5 Å². The van der Waals surface area contributed by atoms with E-state index in [0.29, 0.717) is 21.9 Å². The van der Waals surface area contributed by atoms with Gasteiger partial charge in [-0.2, -0.15) is 11.8 Å². The third-order valence-electron chi connectivity index (χ3n) is 4.14. The third-order valence-corrected chi connectivity index (χ3v) is 9.05. The molecule has 1 atom stereocenters. The van der Waals surface area contributed by atoms with Crippen LogP contribution < -0.4 is 5.32 Å². The lowest BCUT2D eigenvalue weighted by molar-refractivity contribution is 0.381. The number of hydrogen-bond donors (Lipinski definition) is 1. The summed E-state index contributed by atoms with van der Waals surface area (Å²) in [6.07, 6.45) is 0. The van der Waals surface area contributed by atoms with Gasteiger partial charge in [-0.15, -0.1) is 35.3 Å². The molecule has 1 aliphatic rings. The number of nitrogens with one attached hydrogen (secondary N) is 1. The molecule has 1 unspecified atom stereocenters. The first kappa shape index (κ1) is 24.0. The average Bonchev–Trinajstić information content (AvgIpc) is 3.05. The van der Waals surface area contributed by atoms with Crippen molar-refractivity contribution < 1.29 is 8.42 Å². The predicted molar refractivity (Wildman–Crippen MR) is 123 cm³/mol. The summed E-state index contributed by atoms with van der Waals surface area (Å²) in [6, 6.07) is 3.54. The van der Waals surface area contributed by atoms with Crippen molar-refractivity contribution >= 4 is 63.1 Å². The highest BCUT2D eigenvalue weighted by atomic mass is 127. The first-order valence-electron chi connectivity index (χ1n) is 8.34. The molecular weight excluding hydrogens is 503 g/mol. The number of sulfonamides is 1. The maximum absolute atomic E-state index is 12.2. The molecule has 0 amide bonds. The van der Waals surface area contributed by atoms with Gasteiger partial charge >= 0.3 is 0 Å². The molecule has 1 aromatic rings. The summed E-state index contributed by atoms with van der Waals surface area (Å²) in [5.41, 5.74) is 0. The Labute approximate surface area is 182 Å². The lowest BCUT2D eigenvalue weighted by Gasteiger charge is -2.36. The average molecular weight is 533 g/mol. The molecule has 1 aliphatic heterocycles. The second-order valence-electron chi connectivity index (χ2n) is 6.51. The number of thiophene rings is 1. The molecular formula is C16H29IN4O2S3. The Morgan fingerprint density at radius 1 is 1.42 bits per heavy atom. The lowest BCUT2D eigenvalue weighted by atomic mass is 10.1. The Morgan fingerprint density at radius 3 is 2.69 bits per heavy atom. The van der Waals surface area contributed by atoms with Gasteiger partial charge in [-0.25, -0.2) is 12.7 Å². The van der Waals surface area contributed by atoms with Gasteiger partial charge in [-0.05, 0) is 18.1 Å². The van der Waals surface area contributed by atoms with Crippen LogP contribution in [0.4, 0.5) is 0 Å². The maximum atomic E-state index is 12.2. The smallest absolute Gasteiger partial charge is 0.252 e. The maximum Gasteiger partial charge on any atom is 0.252 e. The molecule has 1 saturated heterocycles. The van der Waals surface area contributed by atoms with Gasteiger partial charge in [0.05, 0.1) is 6.54 Å². The molecule has 0 aliphatic carbocycles. The molecule has 1 aromatic heterocycles. The zero-order valence-electron chi connectivity index (χ0n) is 15.9. The fraction of sp³-hybridized carbons (Fsp3) is 0.688. The standard InChI is InChI=1S/C16H28N4O2S3.HI/c1-12(2)14-11-20(8-9-23-14)16(17-3)18-10-13-6-7-15(24-13)25(21,22)19(4)5;/h6-7,12,14H,8-11H2,1-5H3,(H,17,18);1H. The molecule has 1 N–H and O–H groups in total. The first-order valence-corrected chi connectivity index (χ1v) is 11.6. The Hall–Kier alpha value is -0.0400. The molecule has 0 bridgehead atoms. The van der Waals surface area contributed by atoms with E-state index in [1.54, 1.807) is 27.2 Å². The van der Waals surface area contributed by atoms with Crippen molar-refractivity contribution in [3.05, 3.63) is 17.0 Å². The van der Waals surface area contributed by atoms with Crippen LogP contribution in [0.15, 0.2) is 21.3 Å². The van der Waals surface area contributed by atoms with Gasteiger partial charge in [-0.3, -0.25) is 4.99 Å². The van der Waals surface area contributed by atoms with Crippen molar-refractivity contribution in [2.45, 2.75) is 29.9 Å². The van der Waals surface area contributed by atoms with Crippen LogP contribution in [0, 0.1) is 5.92 Å². The normalized spacial score (nSPS) is 19.0. The molecule has 1 fully saturated rings. The highest BCUT2D eigenvalue weighted by molar-refractivity contribution is 14.0. The van der Waals surface area contributed by atoms with E-state index >= 15 is 0 Å². The molecule has 0 spiro atoms. The molecule has 2 heterocycles. The number of nitrogens with zero attached hydrogens (tertiary/aromatic N) is 3. The summed E-state index contributed by atoms with van der Waals surface area (Å²) in [4.78, 5) is 7.68. The van der Waals surface area contributed by atoms with Crippen LogP contribution >= 0.6 is 47.1 Å². The van der Waals surface area contributed by atoms with E-state index in [9.17, 15) is 8.42 Å². The Bertz CT molecular complexity index is 704. The second kappa shape index (κ2) is 10.5. The van der Waals surface area contributed by atoms with Crippen LogP contribution in [-0.2, 0) is 16.6 Å². The van der Waals surface area contributed by atoms with E-state index in [1.165, 1.54) is 15.6 Å². The van der Waals surface area contributed by atoms with Crippen molar-refractivity contribution in [1.29, 1.82) is 0 Å². The number of thioether (sulfide) groups is 1. The van der Waals surface area contributed by atoms with E-state index < -0.39 is 10.0 Å². The molecule has 6 nitrogen and oxygen atoms in total. The molecule has 150 valence electrons. The fourth-order valence-corrected chi connectivity index (χ4v) is 6.30. The quantitative estimate of drug-likeness (QED) is 0.359. The highest BCUT2D eigenvalue weighted by Gasteiger charge is 2.25. The van der Waals surface area contributed by atoms with Crippen LogP contribution in [0.1, 0.15) is 18.7 Å². The summed E-state index contributed by atoms with van der Waals surface area (Å²) in [5.74, 6) is 2.63. The highest BCUT2D eigenvalue weighted by Crippen LogP contribution is 2.26. The first-order chi connectivity index (χ1) is 11.8. The third kappa shape index (κ3) is 5.98. The number of guanidine groups is 1. The monoisotopic (exact) mass is 532 g/mol. The molecule has 0 saturated carbocycles. The molecule has 10 heteroatoms. The largest absolute Gasteiger partial charge is 0.351 e. The van der Waals surface area contributed by atoms with E-state index in [2.05, 4.69) is 29.1 Å². The van der Waals surface area contributed by atoms with Gasteiger partial charge in [0.25, 0.3) is 10.0 Å². The summed E-state index contributed by atoms with van der Waals surface area (Å²) >= 11 is 3.34. The van der Waals surface area contributed by atoms with Crippen molar-refractivity contribution in [3.8, 4) is 0 Å². The molecule has 26 heavy (non-hydrogen) atoms. The number of hydrogen-bond acceptors (Lipinski definition) is 5. The van der Waals surface area contributed by atoms with Crippen LogP contribution in [0.25, 0.3) is 0 Å². The zero-order valence-corrected chi connectivity index (χ0v) is 20.7. The Kier molecular flexibility index (Phi) is 9.68. The minimum atomic E-state index is -3.36. The van der Waals surface area contributed by atoms with Crippen LogP contribution in [0.3, 0.4) is 0 Å². The number of halogens is 1. The van der Waals surface area contributed by atoms with Gasteiger partial charge in [-0.1, -0.05) is 13.8 Å². The lowest BCUT2D eigenvalue weighted by Crippen LogP contribution is -2.48. The van der Waals surface area contributed by atoms with Gasteiger partial charge in [0.15, 0.2) is 5.96 Å². The predicted octanol–water partition coefficient (Wildman–Crippen LogP) is 2.77. The van der Waals surface area contributed by atoms with Crippen molar-refractivity contribution in [2.75, 3.05) is 40.0 Å². The van der Waals surface area contributed by atoms with Gasteiger partial charge < -0.3 is 10.2 Å². The van der Waals surface area contributed by atoms with Gasteiger partial charge in [0, 0.05) is 50.1 Å². The molecule has 2 rings (SSSR count). The minimum Gasteiger partial charge on any atom is -0.351 e. The van der Waals surface area contributed by atoms with Crippen molar-refractivity contribution in [2.24, 2.45) is 10.9 Å². The van der Waals surface area contributed by atoms with E-state index in [1.807, 2.05) is 17.8 Å².